The van der Waals surface area contributed by atoms with Crippen LogP contribution in [-0.4, -0.2) is 121 Å². The van der Waals surface area contributed by atoms with Gasteiger partial charge in [0.2, 0.25) is 5.79 Å². The Morgan fingerprint density at radius 1 is 0.896 bits per heavy atom. The highest BCUT2D eigenvalue weighted by molar-refractivity contribution is 5.90. The predicted molar refractivity (Wildman–Crippen MR) is 169 cm³/mol. The molecule has 12 heteroatoms. The van der Waals surface area contributed by atoms with Crippen LogP contribution in [0.4, 0.5) is 0 Å². The Balaban J connectivity index is 1.16. The number of ether oxygens (including phenoxy) is 4. The van der Waals surface area contributed by atoms with Gasteiger partial charge in [0.15, 0.2) is 17.6 Å². The van der Waals surface area contributed by atoms with Gasteiger partial charge in [-0.15, -0.1) is 0 Å². The third-order valence-electron chi connectivity index (χ3n) is 14.9. The second-order valence-corrected chi connectivity index (χ2v) is 16.8. The summed E-state index contributed by atoms with van der Waals surface area (Å²) in [6.45, 7) is 6.57. The van der Waals surface area contributed by atoms with E-state index in [1.807, 2.05) is 6.92 Å². The molecule has 14 atom stereocenters. The summed E-state index contributed by atoms with van der Waals surface area (Å²) in [5.74, 6) is -3.63. The molecule has 4 aliphatic carbocycles. The van der Waals surface area contributed by atoms with E-state index >= 15 is 0 Å². The first-order chi connectivity index (χ1) is 22.5. The van der Waals surface area contributed by atoms with Crippen molar-refractivity contribution >= 4 is 5.97 Å². The zero-order valence-corrected chi connectivity index (χ0v) is 28.5. The van der Waals surface area contributed by atoms with E-state index in [0.717, 1.165) is 6.42 Å². The van der Waals surface area contributed by atoms with E-state index in [1.54, 1.807) is 19.1 Å². The lowest BCUT2D eigenvalue weighted by molar-refractivity contribution is -0.354. The maximum Gasteiger partial charge on any atom is 0.338 e. The number of esters is 1. The summed E-state index contributed by atoms with van der Waals surface area (Å²) in [4.78, 5) is 15.6. The van der Waals surface area contributed by atoms with Crippen molar-refractivity contribution in [2.75, 3.05) is 27.3 Å². The van der Waals surface area contributed by atoms with Gasteiger partial charge in [0.25, 0.3) is 0 Å². The SMILES string of the molecule is COc1ccc(C(=O)O[C@H]2CC[C@]3(C)[C@@H]4CC[C@H]5[C@@]6(O)C[C@@H](O)[C@@]7(O)[C@@H](CN8C[C@@H](C)CC[C@H]8[C@]7(C)O)[C@]6(O)C[C@@]53O[C@]24O)cc1OC. The molecule has 7 aliphatic rings. The fraction of sp³-hybridized carbons (Fsp3) is 0.806. The van der Waals surface area contributed by atoms with Crippen LogP contribution in [0.1, 0.15) is 82.5 Å². The number of fused-ring (bicyclic) bond motifs is 5. The lowest BCUT2D eigenvalue weighted by Gasteiger charge is -2.68. The summed E-state index contributed by atoms with van der Waals surface area (Å²) in [7, 11) is 2.97. The van der Waals surface area contributed by atoms with Crippen LogP contribution in [0.15, 0.2) is 18.2 Å². The molecule has 4 bridgehead atoms. The van der Waals surface area contributed by atoms with Crippen LogP contribution in [-0.2, 0) is 9.47 Å². The van der Waals surface area contributed by atoms with E-state index in [1.165, 1.54) is 20.3 Å². The molecule has 48 heavy (non-hydrogen) atoms. The van der Waals surface area contributed by atoms with Crippen LogP contribution in [0, 0.1) is 29.1 Å². The number of nitrogens with zero attached hydrogens (tertiary/aromatic N) is 1. The highest BCUT2D eigenvalue weighted by Gasteiger charge is 2.88. The molecular formula is C36H51NO11. The first-order valence-corrected chi connectivity index (χ1v) is 17.6. The standard InChI is InChI=1S/C36H51NO11/c1-19-6-11-26-31(3,40)35(43)25(17-37(26)16-19)33(42)18-34-24(32(33,41)15-27(35)38)10-9-23-30(34,2)13-12-28(36(23,44)48-34)47-29(39)20-7-8-21(45-4)22(14-20)46-5/h7-8,14,19,23-28,38,40-44H,6,9-13,15-18H2,1-5H3/t19-,23-,24-,25-,26-,27+,28-,30+,31-,32-,33+,34+,35-,36-/m0/s1. The van der Waals surface area contributed by atoms with Gasteiger partial charge in [0.1, 0.15) is 22.4 Å². The maximum absolute atomic E-state index is 13.5. The number of rotatable bonds is 4. The zero-order chi connectivity index (χ0) is 34.4. The zero-order valence-electron chi connectivity index (χ0n) is 28.5. The van der Waals surface area contributed by atoms with E-state index in [9.17, 15) is 35.4 Å². The third kappa shape index (κ3) is 3.66. The molecule has 3 heterocycles. The number of benzene rings is 1. The Kier molecular flexibility index (Phi) is 6.94. The molecule has 8 rings (SSSR count). The molecule has 0 aromatic heterocycles. The van der Waals surface area contributed by atoms with Crippen molar-refractivity contribution in [1.82, 2.24) is 4.90 Å². The fourth-order valence-corrected chi connectivity index (χ4v) is 12.6. The Bertz CT molecular complexity index is 1520. The number of aliphatic hydroxyl groups excluding tert-OH is 1. The van der Waals surface area contributed by atoms with Gasteiger partial charge in [-0.25, -0.2) is 4.79 Å². The fourth-order valence-electron chi connectivity index (χ4n) is 12.6. The summed E-state index contributed by atoms with van der Waals surface area (Å²) in [5, 5.41) is 74.7. The highest BCUT2D eigenvalue weighted by Crippen LogP contribution is 2.78. The molecular weight excluding hydrogens is 622 g/mol. The van der Waals surface area contributed by atoms with Gasteiger partial charge in [0.05, 0.1) is 31.5 Å². The van der Waals surface area contributed by atoms with Crippen LogP contribution < -0.4 is 9.47 Å². The highest BCUT2D eigenvalue weighted by atomic mass is 16.7. The van der Waals surface area contributed by atoms with E-state index < -0.39 is 81.2 Å². The van der Waals surface area contributed by atoms with Gasteiger partial charge in [-0.2, -0.15) is 0 Å². The lowest BCUT2D eigenvalue weighted by atomic mass is 9.49. The second kappa shape index (κ2) is 10.1. The molecule has 3 saturated heterocycles. The van der Waals surface area contributed by atoms with Gasteiger partial charge in [-0.05, 0) is 69.6 Å². The predicted octanol–water partition coefficient (Wildman–Crippen LogP) is 1.36. The molecule has 12 nitrogen and oxygen atoms in total. The quantitative estimate of drug-likeness (QED) is 0.253. The van der Waals surface area contributed by atoms with Crippen molar-refractivity contribution in [3.63, 3.8) is 0 Å². The number of carbonyl (C=O) groups excluding carboxylic acids is 1. The summed E-state index contributed by atoms with van der Waals surface area (Å²) in [5.41, 5.74) is -9.44. The Morgan fingerprint density at radius 3 is 2.31 bits per heavy atom. The van der Waals surface area contributed by atoms with Crippen molar-refractivity contribution < 1.29 is 54.4 Å². The minimum atomic E-state index is -2.10. The molecule has 0 amide bonds. The largest absolute Gasteiger partial charge is 0.493 e. The normalized spacial score (nSPS) is 53.6. The molecule has 1 aromatic rings. The van der Waals surface area contributed by atoms with Crippen molar-refractivity contribution in [3.8, 4) is 11.5 Å². The number of hydrogen-bond donors (Lipinski definition) is 6. The molecule has 0 unspecified atom stereocenters. The van der Waals surface area contributed by atoms with Crippen molar-refractivity contribution in [1.29, 1.82) is 0 Å². The van der Waals surface area contributed by atoms with E-state index in [2.05, 4.69) is 11.8 Å². The first-order valence-electron chi connectivity index (χ1n) is 17.6. The number of methoxy groups -OCH3 is 2. The lowest BCUT2D eigenvalue weighted by Crippen LogP contribution is -2.85. The molecule has 4 saturated carbocycles. The van der Waals surface area contributed by atoms with Gasteiger partial charge in [0, 0.05) is 55.1 Å². The maximum atomic E-state index is 13.5. The second-order valence-electron chi connectivity index (χ2n) is 16.8. The van der Waals surface area contributed by atoms with Gasteiger partial charge < -0.3 is 49.6 Å². The molecule has 7 fully saturated rings. The number of piperidine rings is 2. The number of aliphatic hydroxyl groups is 6. The summed E-state index contributed by atoms with van der Waals surface area (Å²) in [6, 6.07) is 4.28. The van der Waals surface area contributed by atoms with Gasteiger partial charge in [-0.1, -0.05) is 13.8 Å². The summed E-state index contributed by atoms with van der Waals surface area (Å²) in [6.07, 6.45) is 0.172. The molecule has 3 aliphatic heterocycles. The smallest absolute Gasteiger partial charge is 0.338 e. The number of carbonyl (C=O) groups is 1. The molecule has 1 aromatic carbocycles. The number of hydrogen-bond acceptors (Lipinski definition) is 12. The van der Waals surface area contributed by atoms with E-state index in [0.29, 0.717) is 56.1 Å². The van der Waals surface area contributed by atoms with E-state index in [-0.39, 0.29) is 24.9 Å². The molecule has 266 valence electrons. The van der Waals surface area contributed by atoms with Crippen molar-refractivity contribution in [2.24, 2.45) is 29.1 Å². The van der Waals surface area contributed by atoms with Crippen LogP contribution >= 0.6 is 0 Å². The average Bonchev–Trinajstić information content (AvgIpc) is 3.21. The summed E-state index contributed by atoms with van der Waals surface area (Å²) < 4.78 is 23.5. The topological polar surface area (TPSA) is 179 Å². The Hall–Kier alpha value is -2.03. The molecule has 1 spiro atoms. The minimum Gasteiger partial charge on any atom is -0.493 e. The van der Waals surface area contributed by atoms with Crippen molar-refractivity contribution in [3.05, 3.63) is 23.8 Å². The Morgan fingerprint density at radius 2 is 1.60 bits per heavy atom. The van der Waals surface area contributed by atoms with Crippen LogP contribution in [0.2, 0.25) is 0 Å². The van der Waals surface area contributed by atoms with Crippen LogP contribution in [0.5, 0.6) is 11.5 Å². The minimum absolute atomic E-state index is 0.101. The Labute approximate surface area is 280 Å². The van der Waals surface area contributed by atoms with E-state index in [4.69, 9.17) is 18.9 Å². The van der Waals surface area contributed by atoms with Crippen molar-refractivity contribution in [2.45, 2.75) is 124 Å². The average molecular weight is 674 g/mol. The molecule has 0 radical (unpaired) electrons. The van der Waals surface area contributed by atoms with Crippen LogP contribution in [0.25, 0.3) is 0 Å². The third-order valence-corrected chi connectivity index (χ3v) is 14.9. The van der Waals surface area contributed by atoms with Gasteiger partial charge in [-0.3, -0.25) is 4.90 Å². The monoisotopic (exact) mass is 673 g/mol. The van der Waals surface area contributed by atoms with Crippen LogP contribution in [0.3, 0.4) is 0 Å². The molecule has 6 N–H and O–H groups in total. The van der Waals surface area contributed by atoms with Gasteiger partial charge >= 0.3 is 5.97 Å². The first kappa shape index (κ1) is 33.1. The summed E-state index contributed by atoms with van der Waals surface area (Å²) >= 11 is 0.